The second-order valence-corrected chi connectivity index (χ2v) is 6.65. The topological polar surface area (TPSA) is 62.0 Å². The van der Waals surface area contributed by atoms with E-state index < -0.39 is 0 Å². The minimum atomic E-state index is -0.246. The number of pyridine rings is 1. The quantitative estimate of drug-likeness (QED) is 0.865. The molecule has 23 heavy (non-hydrogen) atoms. The zero-order chi connectivity index (χ0) is 16.4. The zero-order valence-corrected chi connectivity index (χ0v) is 13.9. The van der Waals surface area contributed by atoms with Gasteiger partial charge in [-0.2, -0.15) is 0 Å². The van der Waals surface area contributed by atoms with E-state index >= 15 is 0 Å². The summed E-state index contributed by atoms with van der Waals surface area (Å²) >= 11 is 11.9. The Bertz CT molecular complexity index is 797. The minimum Gasteiger partial charge on any atom is -0.348 e. The van der Waals surface area contributed by atoms with Crippen LogP contribution in [0, 0.1) is 5.92 Å². The normalized spacial score (nSPS) is 13.8. The van der Waals surface area contributed by atoms with E-state index in [0.717, 1.165) is 24.8 Å². The number of H-pyrrole nitrogens is 1. The third-order valence-corrected chi connectivity index (χ3v) is 4.49. The number of hydrogen-bond donors (Lipinski definition) is 2. The molecule has 0 unspecified atom stereocenters. The van der Waals surface area contributed by atoms with E-state index in [2.05, 4.69) is 10.3 Å². The lowest BCUT2D eigenvalue weighted by Crippen LogP contribution is -2.25. The maximum atomic E-state index is 12.3. The van der Waals surface area contributed by atoms with Gasteiger partial charge in [-0.15, -0.1) is 0 Å². The zero-order valence-electron chi connectivity index (χ0n) is 12.4. The predicted octanol–water partition coefficient (Wildman–Crippen LogP) is 3.56. The fraction of sp³-hybridized carbons (Fsp3) is 0.294. The molecule has 1 saturated carbocycles. The summed E-state index contributed by atoms with van der Waals surface area (Å²) in [5.41, 5.74) is 1.79. The standard InChI is InChI=1S/C17H16Cl2N2O2/c18-14-4-3-11(15(19)7-14)8-20-17(23)13-6-12(5-10-1-2-10)16(22)21-9-13/h3-4,6-7,9-10H,1-2,5,8H2,(H,20,23)(H,21,22). The van der Waals surface area contributed by atoms with Crippen molar-refractivity contribution >= 4 is 29.1 Å². The summed E-state index contributed by atoms with van der Waals surface area (Å²) < 4.78 is 0. The molecule has 0 bridgehead atoms. The molecular weight excluding hydrogens is 335 g/mol. The Morgan fingerprint density at radius 3 is 2.70 bits per heavy atom. The fourth-order valence-electron chi connectivity index (χ4n) is 2.39. The van der Waals surface area contributed by atoms with E-state index in [-0.39, 0.29) is 11.5 Å². The number of amides is 1. The van der Waals surface area contributed by atoms with Gasteiger partial charge in [0.25, 0.3) is 11.5 Å². The summed E-state index contributed by atoms with van der Waals surface area (Å²) in [6, 6.07) is 6.81. The summed E-state index contributed by atoms with van der Waals surface area (Å²) in [5, 5.41) is 3.86. The van der Waals surface area contributed by atoms with Crippen LogP contribution in [-0.2, 0) is 13.0 Å². The molecule has 3 rings (SSSR count). The van der Waals surface area contributed by atoms with Crippen LogP contribution in [0.1, 0.15) is 34.3 Å². The SMILES string of the molecule is O=C(NCc1ccc(Cl)cc1Cl)c1c[nH]c(=O)c(CC2CC2)c1. The van der Waals surface area contributed by atoms with Gasteiger partial charge in [-0.25, -0.2) is 0 Å². The Morgan fingerprint density at radius 1 is 1.22 bits per heavy atom. The van der Waals surface area contributed by atoms with Gasteiger partial charge in [-0.05, 0) is 48.9 Å². The van der Waals surface area contributed by atoms with Gasteiger partial charge in [0.1, 0.15) is 0 Å². The van der Waals surface area contributed by atoms with Crippen LogP contribution in [0.15, 0.2) is 35.3 Å². The monoisotopic (exact) mass is 350 g/mol. The first-order valence-electron chi connectivity index (χ1n) is 7.46. The smallest absolute Gasteiger partial charge is 0.253 e. The van der Waals surface area contributed by atoms with Crippen LogP contribution in [0.4, 0.5) is 0 Å². The van der Waals surface area contributed by atoms with Crippen LogP contribution in [0.25, 0.3) is 0 Å². The highest BCUT2D eigenvalue weighted by Crippen LogP contribution is 2.31. The molecule has 1 fully saturated rings. The minimum absolute atomic E-state index is 0.116. The summed E-state index contributed by atoms with van der Waals surface area (Å²) in [4.78, 5) is 26.7. The summed E-state index contributed by atoms with van der Waals surface area (Å²) in [6.45, 7) is 0.298. The number of halogens is 2. The second-order valence-electron chi connectivity index (χ2n) is 5.81. The molecule has 0 spiro atoms. The first-order valence-corrected chi connectivity index (χ1v) is 8.22. The molecule has 6 heteroatoms. The number of hydrogen-bond acceptors (Lipinski definition) is 2. The summed E-state index contributed by atoms with van der Waals surface area (Å²) in [5.74, 6) is 0.339. The van der Waals surface area contributed by atoms with Crippen LogP contribution in [0.2, 0.25) is 10.0 Å². The van der Waals surface area contributed by atoms with Crippen molar-refractivity contribution in [1.29, 1.82) is 0 Å². The van der Waals surface area contributed by atoms with Gasteiger partial charge >= 0.3 is 0 Å². The number of carbonyl (C=O) groups is 1. The van der Waals surface area contributed by atoms with Crippen LogP contribution in [0.3, 0.4) is 0 Å². The Hall–Kier alpha value is -1.78. The first kappa shape index (κ1) is 16.1. The number of aromatic amines is 1. The Balaban J connectivity index is 1.69. The Labute approximate surface area is 143 Å². The van der Waals surface area contributed by atoms with E-state index in [1.54, 1.807) is 24.3 Å². The van der Waals surface area contributed by atoms with Crippen LogP contribution in [-0.4, -0.2) is 10.9 Å². The molecule has 1 aromatic carbocycles. The predicted molar refractivity (Wildman–Crippen MR) is 91.1 cm³/mol. The van der Waals surface area contributed by atoms with E-state index in [1.807, 2.05) is 0 Å². The van der Waals surface area contributed by atoms with Gasteiger partial charge < -0.3 is 10.3 Å². The van der Waals surface area contributed by atoms with Crippen molar-refractivity contribution in [3.05, 3.63) is 67.6 Å². The van der Waals surface area contributed by atoms with Crippen LogP contribution >= 0.6 is 23.2 Å². The summed E-state index contributed by atoms with van der Waals surface area (Å²) in [6.07, 6.45) is 4.49. The van der Waals surface area contributed by atoms with Crippen molar-refractivity contribution in [1.82, 2.24) is 10.3 Å². The molecule has 2 N–H and O–H groups in total. The first-order chi connectivity index (χ1) is 11.0. The molecule has 4 nitrogen and oxygen atoms in total. The van der Waals surface area contributed by atoms with Gasteiger partial charge in [0.2, 0.25) is 0 Å². The number of nitrogens with one attached hydrogen (secondary N) is 2. The third-order valence-electron chi connectivity index (χ3n) is 3.90. The van der Waals surface area contributed by atoms with Crippen molar-refractivity contribution in [2.45, 2.75) is 25.8 Å². The summed E-state index contributed by atoms with van der Waals surface area (Å²) in [7, 11) is 0. The molecule has 0 radical (unpaired) electrons. The van der Waals surface area contributed by atoms with Crippen molar-refractivity contribution in [3.63, 3.8) is 0 Å². The van der Waals surface area contributed by atoms with E-state index in [9.17, 15) is 9.59 Å². The average Bonchev–Trinajstić information content (AvgIpc) is 3.32. The van der Waals surface area contributed by atoms with Gasteiger partial charge in [0, 0.05) is 28.4 Å². The van der Waals surface area contributed by atoms with Gasteiger partial charge in [-0.1, -0.05) is 29.3 Å². The molecule has 0 aliphatic heterocycles. The average molecular weight is 351 g/mol. The van der Waals surface area contributed by atoms with Crippen LogP contribution < -0.4 is 10.9 Å². The highest BCUT2D eigenvalue weighted by atomic mass is 35.5. The molecule has 1 aliphatic rings. The molecule has 2 aromatic rings. The molecule has 1 aromatic heterocycles. The van der Waals surface area contributed by atoms with Gasteiger partial charge in [0.15, 0.2) is 0 Å². The fourth-order valence-corrected chi connectivity index (χ4v) is 2.86. The molecule has 1 heterocycles. The van der Waals surface area contributed by atoms with Crippen molar-refractivity contribution in [3.8, 4) is 0 Å². The number of benzene rings is 1. The number of rotatable bonds is 5. The number of carbonyl (C=O) groups excluding carboxylic acids is 1. The molecule has 0 saturated heterocycles. The van der Waals surface area contributed by atoms with Crippen LogP contribution in [0.5, 0.6) is 0 Å². The molecular formula is C17H16Cl2N2O2. The second kappa shape index (κ2) is 6.77. The highest BCUT2D eigenvalue weighted by molar-refractivity contribution is 6.35. The van der Waals surface area contributed by atoms with E-state index in [0.29, 0.717) is 33.6 Å². The lowest BCUT2D eigenvalue weighted by Gasteiger charge is -2.08. The van der Waals surface area contributed by atoms with Gasteiger partial charge in [-0.3, -0.25) is 9.59 Å². The molecule has 0 atom stereocenters. The largest absolute Gasteiger partial charge is 0.348 e. The lowest BCUT2D eigenvalue weighted by molar-refractivity contribution is 0.0950. The van der Waals surface area contributed by atoms with Crippen molar-refractivity contribution < 1.29 is 4.79 Å². The van der Waals surface area contributed by atoms with E-state index in [4.69, 9.17) is 23.2 Å². The maximum Gasteiger partial charge on any atom is 0.253 e. The van der Waals surface area contributed by atoms with Crippen molar-refractivity contribution in [2.75, 3.05) is 0 Å². The van der Waals surface area contributed by atoms with Gasteiger partial charge in [0.05, 0.1) is 5.56 Å². The Kier molecular flexibility index (Phi) is 4.74. The third kappa shape index (κ3) is 4.15. The Morgan fingerprint density at radius 2 is 2.00 bits per heavy atom. The highest BCUT2D eigenvalue weighted by Gasteiger charge is 2.23. The number of aromatic nitrogens is 1. The van der Waals surface area contributed by atoms with Crippen molar-refractivity contribution in [2.24, 2.45) is 5.92 Å². The molecule has 1 amide bonds. The molecule has 1 aliphatic carbocycles. The molecule has 120 valence electrons. The maximum absolute atomic E-state index is 12.3. The van der Waals surface area contributed by atoms with E-state index in [1.165, 1.54) is 6.20 Å². The lowest BCUT2D eigenvalue weighted by atomic mass is 10.1.